The topological polar surface area (TPSA) is 15.3 Å². The molecule has 1 N–H and O–H groups in total. The van der Waals surface area contributed by atoms with Crippen LogP contribution in [0.2, 0.25) is 0 Å². The van der Waals surface area contributed by atoms with Gasteiger partial charge >= 0.3 is 0 Å². The summed E-state index contributed by atoms with van der Waals surface area (Å²) in [6.45, 7) is 8.39. The van der Waals surface area contributed by atoms with Crippen molar-refractivity contribution in [1.29, 1.82) is 0 Å². The predicted molar refractivity (Wildman–Crippen MR) is 75.3 cm³/mol. The van der Waals surface area contributed by atoms with Gasteiger partial charge < -0.3 is 5.32 Å². The highest BCUT2D eigenvalue weighted by molar-refractivity contribution is 7.98. The van der Waals surface area contributed by atoms with Crippen LogP contribution in [0.5, 0.6) is 0 Å². The molecule has 96 valence electrons. The second kappa shape index (κ2) is 8.37. The predicted octanol–water partition coefficient (Wildman–Crippen LogP) is 2.59. The van der Waals surface area contributed by atoms with E-state index in [4.69, 9.17) is 0 Å². The number of thioether (sulfide) groups is 1. The number of nitrogens with one attached hydrogen (secondary N) is 1. The van der Waals surface area contributed by atoms with Gasteiger partial charge in [-0.05, 0) is 64.6 Å². The zero-order valence-electron chi connectivity index (χ0n) is 11.2. The zero-order valence-corrected chi connectivity index (χ0v) is 12.0. The van der Waals surface area contributed by atoms with E-state index in [1.54, 1.807) is 0 Å². The lowest BCUT2D eigenvalue weighted by atomic mass is 10.1. The molecule has 1 heterocycles. The van der Waals surface area contributed by atoms with Crippen LogP contribution in [0, 0.1) is 0 Å². The van der Waals surface area contributed by atoms with E-state index < -0.39 is 0 Å². The maximum Gasteiger partial charge on any atom is 0.0195 e. The van der Waals surface area contributed by atoms with Gasteiger partial charge in [-0.1, -0.05) is 0 Å². The molecule has 2 nitrogen and oxygen atoms in total. The molecule has 0 spiro atoms. The molecule has 3 heteroatoms. The lowest BCUT2D eigenvalue weighted by molar-refractivity contribution is 0.200. The molecule has 0 bridgehead atoms. The number of hydrogen-bond donors (Lipinski definition) is 1. The van der Waals surface area contributed by atoms with E-state index >= 15 is 0 Å². The quantitative estimate of drug-likeness (QED) is 0.661. The van der Waals surface area contributed by atoms with Crippen LogP contribution >= 0.6 is 11.8 Å². The van der Waals surface area contributed by atoms with Crippen LogP contribution in [0.15, 0.2) is 0 Å². The third-order valence-electron chi connectivity index (χ3n) is 3.39. The average Bonchev–Trinajstić information content (AvgIpc) is 2.75. The van der Waals surface area contributed by atoms with Crippen LogP contribution in [0.25, 0.3) is 0 Å². The van der Waals surface area contributed by atoms with E-state index in [0.29, 0.717) is 6.04 Å². The first-order valence-electron chi connectivity index (χ1n) is 6.70. The summed E-state index contributed by atoms with van der Waals surface area (Å²) < 4.78 is 0. The van der Waals surface area contributed by atoms with Gasteiger partial charge in [0.2, 0.25) is 0 Å². The minimum atomic E-state index is 0.691. The first kappa shape index (κ1) is 14.3. The molecule has 1 aliphatic rings. The summed E-state index contributed by atoms with van der Waals surface area (Å²) in [5.41, 5.74) is 0. The average molecular weight is 244 g/mol. The Morgan fingerprint density at radius 1 is 1.38 bits per heavy atom. The van der Waals surface area contributed by atoms with Crippen molar-refractivity contribution in [2.75, 3.05) is 31.6 Å². The minimum Gasteiger partial charge on any atom is -0.313 e. The fraction of sp³-hybridized carbons (Fsp3) is 1.00. The first-order chi connectivity index (χ1) is 7.74. The summed E-state index contributed by atoms with van der Waals surface area (Å²) >= 11 is 1.96. The third kappa shape index (κ3) is 5.55. The van der Waals surface area contributed by atoms with E-state index in [1.165, 1.54) is 51.1 Å². The van der Waals surface area contributed by atoms with Crippen LogP contribution in [0.4, 0.5) is 0 Å². The van der Waals surface area contributed by atoms with E-state index in [0.717, 1.165) is 6.04 Å². The molecule has 1 atom stereocenters. The van der Waals surface area contributed by atoms with Crippen LogP contribution in [-0.2, 0) is 0 Å². The van der Waals surface area contributed by atoms with Crippen molar-refractivity contribution >= 4 is 11.8 Å². The summed E-state index contributed by atoms with van der Waals surface area (Å²) in [6, 6.07) is 1.44. The molecule has 16 heavy (non-hydrogen) atoms. The van der Waals surface area contributed by atoms with Crippen molar-refractivity contribution in [2.45, 2.75) is 51.6 Å². The van der Waals surface area contributed by atoms with Gasteiger partial charge in [0.25, 0.3) is 0 Å². The number of hydrogen-bond acceptors (Lipinski definition) is 3. The van der Waals surface area contributed by atoms with Crippen molar-refractivity contribution in [2.24, 2.45) is 0 Å². The third-order valence-corrected chi connectivity index (χ3v) is 4.09. The Bertz CT molecular complexity index is 167. The lowest BCUT2D eigenvalue weighted by Gasteiger charge is -2.29. The maximum atomic E-state index is 3.60. The fourth-order valence-electron chi connectivity index (χ4n) is 2.32. The lowest BCUT2D eigenvalue weighted by Crippen LogP contribution is -2.41. The smallest absolute Gasteiger partial charge is 0.0195 e. The number of nitrogens with zero attached hydrogens (tertiary/aromatic N) is 1. The van der Waals surface area contributed by atoms with Crippen molar-refractivity contribution in [1.82, 2.24) is 10.2 Å². The van der Waals surface area contributed by atoms with Gasteiger partial charge in [-0.25, -0.2) is 0 Å². The molecule has 1 rings (SSSR count). The second-order valence-electron chi connectivity index (χ2n) is 5.08. The molecule has 1 fully saturated rings. The zero-order chi connectivity index (χ0) is 11.8. The molecule has 1 saturated heterocycles. The molecular formula is C13H28N2S. The minimum absolute atomic E-state index is 0.691. The van der Waals surface area contributed by atoms with E-state index in [2.05, 4.69) is 30.3 Å². The van der Waals surface area contributed by atoms with Gasteiger partial charge in [-0.2, -0.15) is 11.8 Å². The van der Waals surface area contributed by atoms with Gasteiger partial charge in [0, 0.05) is 18.6 Å². The normalized spacial score (nSPS) is 21.2. The van der Waals surface area contributed by atoms with Crippen LogP contribution in [0.3, 0.4) is 0 Å². The summed E-state index contributed by atoms with van der Waals surface area (Å²) in [6.07, 6.45) is 7.65. The fourth-order valence-corrected chi connectivity index (χ4v) is 2.81. The summed E-state index contributed by atoms with van der Waals surface area (Å²) in [5, 5.41) is 3.60. The van der Waals surface area contributed by atoms with Crippen molar-refractivity contribution in [3.63, 3.8) is 0 Å². The van der Waals surface area contributed by atoms with Crippen molar-refractivity contribution in [3.05, 3.63) is 0 Å². The second-order valence-corrected chi connectivity index (χ2v) is 6.07. The van der Waals surface area contributed by atoms with Gasteiger partial charge in [-0.15, -0.1) is 0 Å². The highest BCUT2D eigenvalue weighted by Crippen LogP contribution is 2.10. The Morgan fingerprint density at radius 3 is 2.75 bits per heavy atom. The van der Waals surface area contributed by atoms with Gasteiger partial charge in [0.15, 0.2) is 0 Å². The van der Waals surface area contributed by atoms with Crippen LogP contribution in [0.1, 0.15) is 39.5 Å². The summed E-state index contributed by atoms with van der Waals surface area (Å²) in [5.74, 6) is 1.31. The molecule has 0 amide bonds. The molecule has 0 aromatic carbocycles. The highest BCUT2D eigenvalue weighted by atomic mass is 32.2. The number of unbranched alkanes of at least 4 members (excludes halogenated alkanes) is 1. The molecular weight excluding hydrogens is 216 g/mol. The summed E-state index contributed by atoms with van der Waals surface area (Å²) in [4.78, 5) is 2.64. The summed E-state index contributed by atoms with van der Waals surface area (Å²) in [7, 11) is 0. The molecule has 1 aliphatic heterocycles. The molecule has 1 unspecified atom stereocenters. The Hall–Kier alpha value is 0.270. The van der Waals surface area contributed by atoms with Crippen molar-refractivity contribution < 1.29 is 0 Å². The van der Waals surface area contributed by atoms with E-state index in [-0.39, 0.29) is 0 Å². The monoisotopic (exact) mass is 244 g/mol. The van der Waals surface area contributed by atoms with E-state index in [1.807, 2.05) is 11.8 Å². The Balaban J connectivity index is 2.18. The Morgan fingerprint density at radius 2 is 2.19 bits per heavy atom. The number of rotatable bonds is 8. The SMILES string of the molecule is CSCCCCN(CC1CCCN1)C(C)C. The molecule has 0 saturated carbocycles. The largest absolute Gasteiger partial charge is 0.313 e. The molecule has 0 aliphatic carbocycles. The van der Waals surface area contributed by atoms with Crippen molar-refractivity contribution in [3.8, 4) is 0 Å². The van der Waals surface area contributed by atoms with Crippen LogP contribution < -0.4 is 5.32 Å². The Labute approximate surface area is 106 Å². The molecule has 0 aromatic heterocycles. The van der Waals surface area contributed by atoms with Gasteiger partial charge in [0.05, 0.1) is 0 Å². The van der Waals surface area contributed by atoms with E-state index in [9.17, 15) is 0 Å². The first-order valence-corrected chi connectivity index (χ1v) is 8.09. The van der Waals surface area contributed by atoms with Crippen LogP contribution in [-0.4, -0.2) is 48.6 Å². The Kier molecular flexibility index (Phi) is 7.50. The van der Waals surface area contributed by atoms with Gasteiger partial charge in [-0.3, -0.25) is 4.90 Å². The highest BCUT2D eigenvalue weighted by Gasteiger charge is 2.18. The standard InChI is InChI=1S/C13H28N2S/c1-12(2)15(9-4-5-10-16-3)11-13-7-6-8-14-13/h12-14H,4-11H2,1-3H3. The van der Waals surface area contributed by atoms with Gasteiger partial charge in [0.1, 0.15) is 0 Å². The molecule has 0 radical (unpaired) electrons. The maximum absolute atomic E-state index is 3.60. The molecule has 0 aromatic rings.